The molecule has 0 aromatic carbocycles. The van der Waals surface area contributed by atoms with E-state index in [0.717, 1.165) is 44.9 Å². The van der Waals surface area contributed by atoms with Crippen LogP contribution in [0.1, 0.15) is 328 Å². The summed E-state index contributed by atoms with van der Waals surface area (Å²) in [6.07, 6.45) is 69.2. The van der Waals surface area contributed by atoms with E-state index < -0.39 is 12.1 Å². The summed E-state index contributed by atoms with van der Waals surface area (Å²) in [5, 5.41) is 23.2. The van der Waals surface area contributed by atoms with Crippen LogP contribution in [0.4, 0.5) is 0 Å². The highest BCUT2D eigenvalue weighted by atomic mass is 16.5. The smallest absolute Gasteiger partial charge is 0.305 e. The quantitative estimate of drug-likeness (QED) is 0.0321. The lowest BCUT2D eigenvalue weighted by Crippen LogP contribution is -2.45. The number of hydrogen-bond acceptors (Lipinski definition) is 5. The highest BCUT2D eigenvalue weighted by Gasteiger charge is 2.18. The topological polar surface area (TPSA) is 95.9 Å². The Morgan fingerprint density at radius 1 is 0.403 bits per heavy atom. The van der Waals surface area contributed by atoms with Crippen LogP contribution < -0.4 is 5.32 Å². The highest BCUT2D eigenvalue weighted by Crippen LogP contribution is 2.17. The predicted octanol–water partition coefficient (Wildman–Crippen LogP) is 18.6. The Bertz CT molecular complexity index is 1040. The molecule has 0 aliphatic heterocycles. The van der Waals surface area contributed by atoms with Gasteiger partial charge >= 0.3 is 5.97 Å². The molecule has 0 radical (unpaired) electrons. The Kier molecular flexibility index (Phi) is 55.5. The van der Waals surface area contributed by atoms with E-state index >= 15 is 0 Å². The molecule has 0 spiro atoms. The van der Waals surface area contributed by atoms with Crippen molar-refractivity contribution in [1.82, 2.24) is 5.32 Å². The first-order valence-corrected chi connectivity index (χ1v) is 30.1. The fourth-order valence-corrected chi connectivity index (χ4v) is 9.32. The fourth-order valence-electron chi connectivity index (χ4n) is 9.32. The number of aliphatic hydroxyl groups is 2. The van der Waals surface area contributed by atoms with E-state index in [1.54, 1.807) is 6.08 Å². The second kappa shape index (κ2) is 56.9. The molecule has 0 aliphatic carbocycles. The Balaban J connectivity index is 3.44. The van der Waals surface area contributed by atoms with Crippen LogP contribution in [-0.2, 0) is 14.3 Å². The predicted molar refractivity (Wildman–Crippen MR) is 292 cm³/mol. The average Bonchev–Trinajstić information content (AvgIpc) is 3.33. The zero-order valence-corrected chi connectivity index (χ0v) is 45.1. The molecule has 0 aliphatic rings. The van der Waals surface area contributed by atoms with Crippen LogP contribution in [0.25, 0.3) is 0 Å². The minimum Gasteiger partial charge on any atom is -0.466 e. The summed E-state index contributed by atoms with van der Waals surface area (Å²) in [4.78, 5) is 24.5. The molecular formula is C61H117NO5. The summed E-state index contributed by atoms with van der Waals surface area (Å²) < 4.78 is 5.45. The van der Waals surface area contributed by atoms with Gasteiger partial charge in [-0.3, -0.25) is 9.59 Å². The Labute approximate surface area is 418 Å². The standard InChI is InChI=1S/C61H117NO5/c1-3-5-7-9-11-13-15-16-17-18-19-21-24-27-30-34-37-41-45-49-53-59(64)58(57-63)62-60(65)54-50-46-42-38-35-31-28-25-22-20-23-26-29-32-36-40-44-48-52-56-67-61(66)55-51-47-43-39-33-14-12-10-8-6-4-2/h10,12,49,53,58-59,63-64H,3-9,11,13-48,50-52,54-57H2,1-2H3,(H,62,65)/b12-10-,53-49+. The molecule has 2 unspecified atom stereocenters. The monoisotopic (exact) mass is 944 g/mol. The van der Waals surface area contributed by atoms with Crippen molar-refractivity contribution < 1.29 is 24.5 Å². The van der Waals surface area contributed by atoms with E-state index in [2.05, 4.69) is 31.3 Å². The number of amides is 1. The second-order valence-corrected chi connectivity index (χ2v) is 20.7. The summed E-state index contributed by atoms with van der Waals surface area (Å²) >= 11 is 0. The molecule has 67 heavy (non-hydrogen) atoms. The number of hydrogen-bond donors (Lipinski definition) is 3. The van der Waals surface area contributed by atoms with Crippen molar-refractivity contribution in [1.29, 1.82) is 0 Å². The van der Waals surface area contributed by atoms with Crippen LogP contribution in [0.2, 0.25) is 0 Å². The molecule has 6 nitrogen and oxygen atoms in total. The summed E-state index contributed by atoms with van der Waals surface area (Å²) in [5.41, 5.74) is 0. The zero-order valence-electron chi connectivity index (χ0n) is 45.1. The molecule has 1 amide bonds. The van der Waals surface area contributed by atoms with Crippen molar-refractivity contribution in [2.24, 2.45) is 0 Å². The number of ether oxygens (including phenoxy) is 1. The lowest BCUT2D eigenvalue weighted by Gasteiger charge is -2.20. The van der Waals surface area contributed by atoms with E-state index in [1.165, 1.54) is 257 Å². The van der Waals surface area contributed by atoms with Gasteiger partial charge in [0.2, 0.25) is 5.91 Å². The van der Waals surface area contributed by atoms with E-state index in [4.69, 9.17) is 4.74 Å². The van der Waals surface area contributed by atoms with Gasteiger partial charge < -0.3 is 20.3 Å². The number of unbranched alkanes of at least 4 members (excludes halogenated alkanes) is 43. The average molecular weight is 945 g/mol. The van der Waals surface area contributed by atoms with Gasteiger partial charge in [-0.25, -0.2) is 0 Å². The highest BCUT2D eigenvalue weighted by molar-refractivity contribution is 5.76. The van der Waals surface area contributed by atoms with Crippen LogP contribution in [0, 0.1) is 0 Å². The van der Waals surface area contributed by atoms with Gasteiger partial charge in [0.15, 0.2) is 0 Å². The molecule has 0 rings (SSSR count). The molecule has 6 heteroatoms. The lowest BCUT2D eigenvalue weighted by molar-refractivity contribution is -0.143. The third kappa shape index (κ3) is 53.5. The molecule has 0 fully saturated rings. The van der Waals surface area contributed by atoms with Crippen molar-refractivity contribution in [3.05, 3.63) is 24.3 Å². The molecule has 0 heterocycles. The van der Waals surface area contributed by atoms with E-state index in [9.17, 15) is 19.8 Å². The van der Waals surface area contributed by atoms with Crippen LogP contribution in [0.5, 0.6) is 0 Å². The number of allylic oxidation sites excluding steroid dienone is 3. The van der Waals surface area contributed by atoms with Crippen LogP contribution in [0.3, 0.4) is 0 Å². The first kappa shape index (κ1) is 65.3. The van der Waals surface area contributed by atoms with E-state index in [-0.39, 0.29) is 18.5 Å². The zero-order chi connectivity index (χ0) is 48.6. The molecule has 2 atom stereocenters. The van der Waals surface area contributed by atoms with Gasteiger partial charge in [0, 0.05) is 12.8 Å². The number of esters is 1. The molecule has 0 bridgehead atoms. The third-order valence-electron chi connectivity index (χ3n) is 14.0. The Hall–Kier alpha value is -1.66. The SMILES string of the molecule is CCCC/C=C\CCCCCCCC(=O)OCCCCCCCCCCCCCCCCCCCCCC(=O)NC(CO)C(O)/C=C/CCCCCCCCCCCCCCCCCCCC. The van der Waals surface area contributed by atoms with Crippen molar-refractivity contribution in [3.8, 4) is 0 Å². The molecule has 0 aromatic heterocycles. The summed E-state index contributed by atoms with van der Waals surface area (Å²) in [5.74, 6) is -0.0708. The molecule has 0 aromatic rings. The maximum atomic E-state index is 12.5. The number of carbonyl (C=O) groups excluding carboxylic acids is 2. The molecule has 0 saturated carbocycles. The van der Waals surface area contributed by atoms with Crippen molar-refractivity contribution in [2.45, 2.75) is 341 Å². The van der Waals surface area contributed by atoms with Gasteiger partial charge in [-0.2, -0.15) is 0 Å². The molecule has 3 N–H and O–H groups in total. The maximum absolute atomic E-state index is 12.5. The van der Waals surface area contributed by atoms with Gasteiger partial charge in [-0.15, -0.1) is 0 Å². The Morgan fingerprint density at radius 3 is 1.10 bits per heavy atom. The van der Waals surface area contributed by atoms with Gasteiger partial charge in [0.05, 0.1) is 25.4 Å². The normalized spacial score (nSPS) is 12.7. The first-order chi connectivity index (χ1) is 33.0. The van der Waals surface area contributed by atoms with Crippen molar-refractivity contribution >= 4 is 11.9 Å². The fraction of sp³-hybridized carbons (Fsp3) is 0.902. The van der Waals surface area contributed by atoms with E-state index in [0.29, 0.717) is 19.4 Å². The minimum atomic E-state index is -0.847. The molecular weight excluding hydrogens is 827 g/mol. The number of nitrogens with one attached hydrogen (secondary N) is 1. The summed E-state index contributed by atoms with van der Waals surface area (Å²) in [7, 11) is 0. The first-order valence-electron chi connectivity index (χ1n) is 30.1. The third-order valence-corrected chi connectivity index (χ3v) is 14.0. The maximum Gasteiger partial charge on any atom is 0.305 e. The lowest BCUT2D eigenvalue weighted by atomic mass is 10.0. The van der Waals surface area contributed by atoms with Crippen molar-refractivity contribution in [2.75, 3.05) is 13.2 Å². The van der Waals surface area contributed by atoms with E-state index in [1.807, 2.05) is 6.08 Å². The summed E-state index contributed by atoms with van der Waals surface area (Å²) in [6.45, 7) is 4.88. The largest absolute Gasteiger partial charge is 0.466 e. The van der Waals surface area contributed by atoms with Gasteiger partial charge in [0.1, 0.15) is 0 Å². The summed E-state index contributed by atoms with van der Waals surface area (Å²) in [6, 6.07) is -0.630. The molecule has 396 valence electrons. The van der Waals surface area contributed by atoms with Crippen LogP contribution in [-0.4, -0.2) is 47.4 Å². The number of carbonyl (C=O) groups is 2. The van der Waals surface area contributed by atoms with Crippen LogP contribution >= 0.6 is 0 Å². The Morgan fingerprint density at radius 2 is 0.716 bits per heavy atom. The number of aliphatic hydroxyl groups excluding tert-OH is 2. The molecule has 0 saturated heterocycles. The van der Waals surface area contributed by atoms with Crippen molar-refractivity contribution in [3.63, 3.8) is 0 Å². The van der Waals surface area contributed by atoms with Gasteiger partial charge in [0.25, 0.3) is 0 Å². The van der Waals surface area contributed by atoms with Gasteiger partial charge in [-0.1, -0.05) is 289 Å². The number of rotatable bonds is 56. The second-order valence-electron chi connectivity index (χ2n) is 20.7. The van der Waals surface area contributed by atoms with Crippen LogP contribution in [0.15, 0.2) is 24.3 Å². The minimum absolute atomic E-state index is 0.00248. The van der Waals surface area contributed by atoms with Gasteiger partial charge in [-0.05, 0) is 51.4 Å².